The zero-order valence-corrected chi connectivity index (χ0v) is 18.2. The summed E-state index contributed by atoms with van der Waals surface area (Å²) < 4.78 is 1.82. The number of H-pyrrole nitrogens is 1. The summed E-state index contributed by atoms with van der Waals surface area (Å²) in [5, 5.41) is 15.1. The fourth-order valence-corrected chi connectivity index (χ4v) is 3.90. The molecule has 2 N–H and O–H groups in total. The molecule has 164 valence electrons. The number of nitrogens with one attached hydrogen (secondary N) is 2. The van der Waals surface area contributed by atoms with Crippen LogP contribution in [-0.4, -0.2) is 61.8 Å². The first-order chi connectivity index (χ1) is 15.5. The van der Waals surface area contributed by atoms with Gasteiger partial charge < -0.3 is 15.1 Å². The van der Waals surface area contributed by atoms with Gasteiger partial charge in [-0.1, -0.05) is 29.8 Å². The molecule has 0 spiro atoms. The zero-order chi connectivity index (χ0) is 22.1. The van der Waals surface area contributed by atoms with E-state index < -0.39 is 0 Å². The van der Waals surface area contributed by atoms with Crippen molar-refractivity contribution in [2.75, 3.05) is 36.4 Å². The third-order valence-corrected chi connectivity index (χ3v) is 5.72. The quantitative estimate of drug-likeness (QED) is 0.506. The molecule has 3 aromatic heterocycles. The maximum absolute atomic E-state index is 12.7. The predicted molar refractivity (Wildman–Crippen MR) is 123 cm³/mol. The van der Waals surface area contributed by atoms with E-state index in [1.54, 1.807) is 0 Å². The first kappa shape index (κ1) is 20.0. The molecule has 0 unspecified atom stereocenters. The average molecular weight is 431 g/mol. The topological polar surface area (TPSA) is 94.5 Å². The normalized spacial score (nSPS) is 14.2. The number of fused-ring (bicyclic) bond motifs is 1. The van der Waals surface area contributed by atoms with Gasteiger partial charge in [0.2, 0.25) is 11.9 Å². The van der Waals surface area contributed by atoms with E-state index >= 15 is 0 Å². The molecular formula is C23H26N8O. The van der Waals surface area contributed by atoms with Crippen molar-refractivity contribution in [3.63, 3.8) is 0 Å². The SMILES string of the molecule is Cc1ccc(CC(=O)N2CCN(c3nc(Nc4cc(C)[nH]n4)c4cccn4n3)CC2)cc1. The molecule has 1 amide bonds. The number of amides is 1. The molecule has 1 saturated heterocycles. The Kier molecular flexibility index (Phi) is 5.22. The van der Waals surface area contributed by atoms with Gasteiger partial charge in [0, 0.05) is 44.1 Å². The van der Waals surface area contributed by atoms with Gasteiger partial charge in [0.1, 0.15) is 5.52 Å². The number of aryl methyl sites for hydroxylation is 2. The smallest absolute Gasteiger partial charge is 0.245 e. The maximum Gasteiger partial charge on any atom is 0.245 e. The van der Waals surface area contributed by atoms with Crippen LogP contribution in [0.25, 0.3) is 5.52 Å². The van der Waals surface area contributed by atoms with Crippen LogP contribution in [0.2, 0.25) is 0 Å². The molecule has 0 radical (unpaired) electrons. The fourth-order valence-electron chi connectivity index (χ4n) is 3.90. The van der Waals surface area contributed by atoms with Crippen molar-refractivity contribution in [2.45, 2.75) is 20.3 Å². The number of hydrogen-bond donors (Lipinski definition) is 2. The van der Waals surface area contributed by atoms with E-state index in [0.717, 1.165) is 16.8 Å². The summed E-state index contributed by atoms with van der Waals surface area (Å²) in [6.07, 6.45) is 2.34. The average Bonchev–Trinajstić information content (AvgIpc) is 3.44. The number of nitrogens with zero attached hydrogens (tertiary/aromatic N) is 6. The summed E-state index contributed by atoms with van der Waals surface area (Å²) in [6.45, 7) is 6.68. The summed E-state index contributed by atoms with van der Waals surface area (Å²) in [6, 6.07) is 14.0. The summed E-state index contributed by atoms with van der Waals surface area (Å²) >= 11 is 0. The second kappa shape index (κ2) is 8.33. The van der Waals surface area contributed by atoms with Crippen LogP contribution < -0.4 is 10.2 Å². The molecule has 1 fully saturated rings. The third-order valence-electron chi connectivity index (χ3n) is 5.72. The first-order valence-corrected chi connectivity index (χ1v) is 10.8. The summed E-state index contributed by atoms with van der Waals surface area (Å²) in [7, 11) is 0. The molecule has 1 aliphatic heterocycles. The van der Waals surface area contributed by atoms with Crippen LogP contribution in [0.3, 0.4) is 0 Å². The number of benzene rings is 1. The number of piperazine rings is 1. The fraction of sp³-hybridized carbons (Fsp3) is 0.304. The minimum absolute atomic E-state index is 0.159. The van der Waals surface area contributed by atoms with Gasteiger partial charge in [-0.05, 0) is 31.5 Å². The molecule has 32 heavy (non-hydrogen) atoms. The highest BCUT2D eigenvalue weighted by atomic mass is 16.2. The van der Waals surface area contributed by atoms with E-state index in [9.17, 15) is 4.79 Å². The Hall–Kier alpha value is -3.88. The van der Waals surface area contributed by atoms with Gasteiger partial charge in [-0.3, -0.25) is 9.89 Å². The minimum Gasteiger partial charge on any atom is -0.339 e. The van der Waals surface area contributed by atoms with Crippen LogP contribution in [-0.2, 0) is 11.2 Å². The van der Waals surface area contributed by atoms with E-state index in [0.29, 0.717) is 50.2 Å². The van der Waals surface area contributed by atoms with E-state index in [4.69, 9.17) is 4.98 Å². The van der Waals surface area contributed by atoms with Crippen LogP contribution in [0.5, 0.6) is 0 Å². The molecular weight excluding hydrogens is 404 g/mol. The molecule has 0 atom stereocenters. The second-order valence-corrected chi connectivity index (χ2v) is 8.19. The highest BCUT2D eigenvalue weighted by Gasteiger charge is 2.24. The first-order valence-electron chi connectivity index (χ1n) is 10.8. The minimum atomic E-state index is 0.159. The third kappa shape index (κ3) is 4.14. The van der Waals surface area contributed by atoms with Gasteiger partial charge in [-0.15, -0.1) is 5.10 Å². The standard InChI is InChI=1S/C23H26N8O/c1-16-5-7-18(8-6-16)15-21(32)29-10-12-30(13-11-29)23-25-22(19-4-3-9-31(19)28-23)24-20-14-17(2)26-27-20/h3-9,14H,10-13,15H2,1-2H3,(H2,24,25,26,27,28). The van der Waals surface area contributed by atoms with Gasteiger partial charge in [-0.2, -0.15) is 10.1 Å². The van der Waals surface area contributed by atoms with Crippen molar-refractivity contribution >= 4 is 29.0 Å². The van der Waals surface area contributed by atoms with Crippen molar-refractivity contribution < 1.29 is 4.79 Å². The number of aromatic amines is 1. The molecule has 0 bridgehead atoms. The van der Waals surface area contributed by atoms with Gasteiger partial charge in [0.05, 0.1) is 6.42 Å². The lowest BCUT2D eigenvalue weighted by Crippen LogP contribution is -2.49. The Balaban J connectivity index is 1.28. The summed E-state index contributed by atoms with van der Waals surface area (Å²) in [4.78, 5) is 21.6. The largest absolute Gasteiger partial charge is 0.339 e. The van der Waals surface area contributed by atoms with E-state index in [1.807, 2.05) is 65.0 Å². The second-order valence-electron chi connectivity index (χ2n) is 8.19. The number of carbonyl (C=O) groups excluding carboxylic acids is 1. The van der Waals surface area contributed by atoms with Crippen LogP contribution >= 0.6 is 0 Å². The Bertz CT molecular complexity index is 1230. The Morgan fingerprint density at radius 2 is 1.88 bits per heavy atom. The Labute approximate surface area is 186 Å². The molecule has 1 aliphatic rings. The van der Waals surface area contributed by atoms with Crippen molar-refractivity contribution in [3.05, 3.63) is 65.5 Å². The monoisotopic (exact) mass is 430 g/mol. The summed E-state index contributed by atoms with van der Waals surface area (Å²) in [5.41, 5.74) is 4.10. The Morgan fingerprint density at radius 1 is 1.09 bits per heavy atom. The molecule has 4 heterocycles. The molecule has 0 saturated carbocycles. The number of rotatable bonds is 5. The van der Waals surface area contributed by atoms with Crippen LogP contribution in [0.1, 0.15) is 16.8 Å². The number of carbonyl (C=O) groups is 1. The van der Waals surface area contributed by atoms with Crippen molar-refractivity contribution in [3.8, 4) is 0 Å². The van der Waals surface area contributed by atoms with Gasteiger partial charge in [0.15, 0.2) is 11.6 Å². The van der Waals surface area contributed by atoms with Crippen LogP contribution in [0.15, 0.2) is 48.7 Å². The molecule has 9 heteroatoms. The number of hydrogen-bond acceptors (Lipinski definition) is 6. The van der Waals surface area contributed by atoms with Crippen molar-refractivity contribution in [1.82, 2.24) is 29.7 Å². The van der Waals surface area contributed by atoms with Crippen molar-refractivity contribution in [2.24, 2.45) is 0 Å². The Morgan fingerprint density at radius 3 is 2.59 bits per heavy atom. The van der Waals surface area contributed by atoms with Crippen LogP contribution in [0, 0.1) is 13.8 Å². The lowest BCUT2D eigenvalue weighted by molar-refractivity contribution is -0.130. The highest BCUT2D eigenvalue weighted by molar-refractivity contribution is 5.79. The molecule has 5 rings (SSSR count). The van der Waals surface area contributed by atoms with Crippen molar-refractivity contribution in [1.29, 1.82) is 0 Å². The molecule has 1 aromatic carbocycles. The summed E-state index contributed by atoms with van der Waals surface area (Å²) in [5.74, 6) is 2.20. The van der Waals surface area contributed by atoms with E-state index in [1.165, 1.54) is 5.56 Å². The van der Waals surface area contributed by atoms with E-state index in [-0.39, 0.29) is 5.91 Å². The maximum atomic E-state index is 12.7. The molecule has 0 aliphatic carbocycles. The molecule has 9 nitrogen and oxygen atoms in total. The van der Waals surface area contributed by atoms with Gasteiger partial charge in [-0.25, -0.2) is 4.52 Å². The highest BCUT2D eigenvalue weighted by Crippen LogP contribution is 2.22. The number of aromatic nitrogens is 5. The molecule has 4 aromatic rings. The lowest BCUT2D eigenvalue weighted by atomic mass is 10.1. The van der Waals surface area contributed by atoms with Crippen LogP contribution in [0.4, 0.5) is 17.6 Å². The van der Waals surface area contributed by atoms with Gasteiger partial charge in [0.25, 0.3) is 0 Å². The van der Waals surface area contributed by atoms with Gasteiger partial charge >= 0.3 is 0 Å². The zero-order valence-electron chi connectivity index (χ0n) is 18.2. The number of anilines is 3. The van der Waals surface area contributed by atoms with E-state index in [2.05, 4.69) is 32.4 Å². The predicted octanol–water partition coefficient (Wildman–Crippen LogP) is 2.70. The lowest BCUT2D eigenvalue weighted by Gasteiger charge is -2.34.